The second-order valence-electron chi connectivity index (χ2n) is 3.03. The highest BCUT2D eigenvalue weighted by Crippen LogP contribution is 2.16. The fraction of sp³-hybridized carbons (Fsp3) is 0.750. The maximum atomic E-state index is 10.7. The Morgan fingerprint density at radius 2 is 2.07 bits per heavy atom. The molecule has 0 radical (unpaired) electrons. The third-order valence-electron chi connectivity index (χ3n) is 2.00. The molecule has 0 spiro atoms. The molecule has 1 rings (SSSR count). The number of aliphatic carboxylic acids is 2. The van der Waals surface area contributed by atoms with Crippen molar-refractivity contribution in [2.45, 2.75) is 12.5 Å². The average Bonchev–Trinajstić information content (AvgIpc) is 2.15. The molecule has 0 aromatic heterocycles. The summed E-state index contributed by atoms with van der Waals surface area (Å²) in [6.45, 7) is 0.883. The summed E-state index contributed by atoms with van der Waals surface area (Å²) in [7, 11) is 0. The van der Waals surface area contributed by atoms with Crippen LogP contribution >= 0.6 is 0 Å². The lowest BCUT2D eigenvalue weighted by atomic mass is 9.99. The smallest absolute Gasteiger partial charge is 0.309 e. The molecule has 0 aromatic rings. The van der Waals surface area contributed by atoms with Crippen molar-refractivity contribution in [1.29, 1.82) is 0 Å². The van der Waals surface area contributed by atoms with Crippen LogP contribution in [0.15, 0.2) is 0 Å². The zero-order valence-electron chi connectivity index (χ0n) is 7.51. The zero-order valence-corrected chi connectivity index (χ0v) is 7.51. The quantitative estimate of drug-likeness (QED) is 0.645. The van der Waals surface area contributed by atoms with Crippen molar-refractivity contribution in [3.63, 3.8) is 0 Å². The molecule has 6 nitrogen and oxygen atoms in total. The van der Waals surface area contributed by atoms with Gasteiger partial charge in [-0.25, -0.2) is 0 Å². The van der Waals surface area contributed by atoms with Crippen LogP contribution in [-0.2, 0) is 19.1 Å². The Kier molecular flexibility index (Phi) is 3.84. The van der Waals surface area contributed by atoms with Gasteiger partial charge in [-0.2, -0.15) is 0 Å². The SMILES string of the molecule is O=C(O)CC(C(=O)O)C1COCCO1. The fourth-order valence-electron chi connectivity index (χ4n) is 1.30. The van der Waals surface area contributed by atoms with Crippen molar-refractivity contribution in [2.75, 3.05) is 19.8 Å². The van der Waals surface area contributed by atoms with Crippen LogP contribution in [0.1, 0.15) is 6.42 Å². The zero-order chi connectivity index (χ0) is 10.6. The molecule has 0 aliphatic carbocycles. The Morgan fingerprint density at radius 1 is 1.36 bits per heavy atom. The van der Waals surface area contributed by atoms with Gasteiger partial charge in [0.15, 0.2) is 0 Å². The van der Waals surface area contributed by atoms with Crippen LogP contribution in [-0.4, -0.2) is 48.1 Å². The predicted molar refractivity (Wildman–Crippen MR) is 43.9 cm³/mol. The van der Waals surface area contributed by atoms with Crippen molar-refractivity contribution < 1.29 is 29.3 Å². The average molecular weight is 204 g/mol. The molecule has 2 N–H and O–H groups in total. The van der Waals surface area contributed by atoms with Crippen LogP contribution in [0.2, 0.25) is 0 Å². The third kappa shape index (κ3) is 2.97. The second-order valence-corrected chi connectivity index (χ2v) is 3.03. The van der Waals surface area contributed by atoms with Gasteiger partial charge in [0.05, 0.1) is 38.3 Å². The molecule has 0 saturated carbocycles. The number of carbonyl (C=O) groups is 2. The van der Waals surface area contributed by atoms with Gasteiger partial charge in [-0.3, -0.25) is 9.59 Å². The van der Waals surface area contributed by atoms with Gasteiger partial charge in [-0.1, -0.05) is 0 Å². The minimum atomic E-state index is -1.16. The monoisotopic (exact) mass is 204 g/mol. The minimum Gasteiger partial charge on any atom is -0.481 e. The molecule has 0 amide bonds. The number of ether oxygens (including phenoxy) is 2. The van der Waals surface area contributed by atoms with Crippen LogP contribution < -0.4 is 0 Å². The van der Waals surface area contributed by atoms with E-state index in [1.807, 2.05) is 0 Å². The summed E-state index contributed by atoms with van der Waals surface area (Å²) < 4.78 is 10.1. The van der Waals surface area contributed by atoms with Gasteiger partial charge in [0.25, 0.3) is 0 Å². The van der Waals surface area contributed by atoms with Gasteiger partial charge in [-0.05, 0) is 0 Å². The number of carboxylic acid groups (broad SMARTS) is 2. The number of hydrogen-bond acceptors (Lipinski definition) is 4. The first-order valence-electron chi connectivity index (χ1n) is 4.25. The molecular formula is C8H12O6. The predicted octanol–water partition coefficient (Wildman–Crippen LogP) is -0.423. The lowest BCUT2D eigenvalue weighted by Gasteiger charge is -2.26. The number of carboxylic acids is 2. The van der Waals surface area contributed by atoms with Gasteiger partial charge in [-0.15, -0.1) is 0 Å². The Labute approximate surface area is 80.4 Å². The highest BCUT2D eigenvalue weighted by molar-refractivity contribution is 5.78. The van der Waals surface area contributed by atoms with E-state index in [0.717, 1.165) is 0 Å². The normalized spacial score (nSPS) is 24.1. The Morgan fingerprint density at radius 3 is 2.50 bits per heavy atom. The summed E-state index contributed by atoms with van der Waals surface area (Å²) in [4.78, 5) is 21.1. The van der Waals surface area contributed by atoms with Gasteiger partial charge in [0.2, 0.25) is 0 Å². The highest BCUT2D eigenvalue weighted by Gasteiger charge is 2.32. The van der Waals surface area contributed by atoms with E-state index in [0.29, 0.717) is 13.2 Å². The molecule has 6 heteroatoms. The maximum Gasteiger partial charge on any atom is 0.309 e. The summed E-state index contributed by atoms with van der Waals surface area (Å²) >= 11 is 0. The van der Waals surface area contributed by atoms with Gasteiger partial charge in [0.1, 0.15) is 0 Å². The molecule has 0 bridgehead atoms. The first-order valence-corrected chi connectivity index (χ1v) is 4.25. The Bertz CT molecular complexity index is 220. The molecule has 1 heterocycles. The fourth-order valence-corrected chi connectivity index (χ4v) is 1.30. The van der Waals surface area contributed by atoms with Gasteiger partial charge < -0.3 is 19.7 Å². The van der Waals surface area contributed by atoms with Crippen molar-refractivity contribution in [3.05, 3.63) is 0 Å². The molecule has 1 aliphatic rings. The van der Waals surface area contributed by atoms with Crippen LogP contribution in [0, 0.1) is 5.92 Å². The molecule has 2 atom stereocenters. The number of rotatable bonds is 4. The third-order valence-corrected chi connectivity index (χ3v) is 2.00. The van der Waals surface area contributed by atoms with E-state index in [-0.39, 0.29) is 6.61 Å². The Hall–Kier alpha value is -1.14. The van der Waals surface area contributed by atoms with E-state index in [9.17, 15) is 9.59 Å². The molecule has 2 unspecified atom stereocenters. The highest BCUT2D eigenvalue weighted by atomic mass is 16.6. The van der Waals surface area contributed by atoms with Crippen LogP contribution in [0.5, 0.6) is 0 Å². The van der Waals surface area contributed by atoms with Crippen LogP contribution in [0.4, 0.5) is 0 Å². The van der Waals surface area contributed by atoms with E-state index in [4.69, 9.17) is 19.7 Å². The van der Waals surface area contributed by atoms with Crippen molar-refractivity contribution in [3.8, 4) is 0 Å². The van der Waals surface area contributed by atoms with Crippen LogP contribution in [0.3, 0.4) is 0 Å². The summed E-state index contributed by atoms with van der Waals surface area (Å²) in [6.07, 6.45) is -1.10. The van der Waals surface area contributed by atoms with Crippen molar-refractivity contribution >= 4 is 11.9 Å². The summed E-state index contributed by atoms with van der Waals surface area (Å²) in [5.41, 5.74) is 0. The summed E-state index contributed by atoms with van der Waals surface area (Å²) in [5, 5.41) is 17.3. The summed E-state index contributed by atoms with van der Waals surface area (Å²) in [5.74, 6) is -3.35. The topological polar surface area (TPSA) is 93.1 Å². The molecule has 1 saturated heterocycles. The van der Waals surface area contributed by atoms with Crippen molar-refractivity contribution in [1.82, 2.24) is 0 Å². The molecule has 0 aromatic carbocycles. The second kappa shape index (κ2) is 4.92. The van der Waals surface area contributed by atoms with Gasteiger partial charge in [0, 0.05) is 0 Å². The van der Waals surface area contributed by atoms with Crippen molar-refractivity contribution in [2.24, 2.45) is 5.92 Å². The molecule has 1 fully saturated rings. The lowest BCUT2D eigenvalue weighted by Crippen LogP contribution is -2.39. The first-order chi connectivity index (χ1) is 6.61. The maximum absolute atomic E-state index is 10.7. The summed E-state index contributed by atoms with van der Waals surface area (Å²) in [6, 6.07) is 0. The minimum absolute atomic E-state index is 0.143. The molecular weight excluding hydrogens is 192 g/mol. The van der Waals surface area contributed by atoms with Crippen LogP contribution in [0.25, 0.3) is 0 Å². The largest absolute Gasteiger partial charge is 0.481 e. The van der Waals surface area contributed by atoms with E-state index < -0.39 is 30.4 Å². The van der Waals surface area contributed by atoms with E-state index >= 15 is 0 Å². The standard InChI is InChI=1S/C8H12O6/c9-7(10)3-5(8(11)12)6-4-13-1-2-14-6/h5-6H,1-4H2,(H,9,10)(H,11,12). The molecule has 14 heavy (non-hydrogen) atoms. The Balaban J connectivity index is 2.56. The first kappa shape index (κ1) is 10.9. The van der Waals surface area contributed by atoms with E-state index in [1.165, 1.54) is 0 Å². The lowest BCUT2D eigenvalue weighted by molar-refractivity contribution is -0.164. The number of hydrogen-bond donors (Lipinski definition) is 2. The molecule has 80 valence electrons. The van der Waals surface area contributed by atoms with E-state index in [2.05, 4.69) is 0 Å². The van der Waals surface area contributed by atoms with E-state index in [1.54, 1.807) is 0 Å². The van der Waals surface area contributed by atoms with Gasteiger partial charge >= 0.3 is 11.9 Å². The molecule has 1 aliphatic heterocycles.